The summed E-state index contributed by atoms with van der Waals surface area (Å²) in [7, 11) is -3.23. The van der Waals surface area contributed by atoms with Crippen molar-refractivity contribution in [2.24, 2.45) is 0 Å². The number of fused-ring (bicyclic) bond motifs is 1. The average molecular weight is 388 g/mol. The second kappa shape index (κ2) is 7.49. The average Bonchev–Trinajstić information content (AvgIpc) is 2.72. The van der Waals surface area contributed by atoms with Gasteiger partial charge in [0.25, 0.3) is 0 Å². The van der Waals surface area contributed by atoms with Crippen LogP contribution in [0.15, 0.2) is 95.4 Å². The molecule has 4 heteroatoms. The van der Waals surface area contributed by atoms with E-state index in [1.165, 1.54) is 6.26 Å². The van der Waals surface area contributed by atoms with Crippen molar-refractivity contribution in [1.29, 1.82) is 0 Å². The molecule has 4 rings (SSSR count). The summed E-state index contributed by atoms with van der Waals surface area (Å²) in [5.41, 5.74) is 4.15. The molecular weight excluding hydrogens is 368 g/mol. The smallest absolute Gasteiger partial charge is 0.175 e. The highest BCUT2D eigenvalue weighted by Gasteiger charge is 2.20. The summed E-state index contributed by atoms with van der Waals surface area (Å²) in [6.07, 6.45) is 6.11. The summed E-state index contributed by atoms with van der Waals surface area (Å²) in [6.45, 7) is 0. The van der Waals surface area contributed by atoms with Crippen molar-refractivity contribution in [2.75, 3.05) is 6.26 Å². The normalized spacial score (nSPS) is 14.0. The van der Waals surface area contributed by atoms with E-state index in [0.717, 1.165) is 40.2 Å². The molecule has 1 heterocycles. The zero-order valence-corrected chi connectivity index (χ0v) is 16.3. The summed E-state index contributed by atoms with van der Waals surface area (Å²) in [5, 5.41) is 0. The van der Waals surface area contributed by atoms with Crippen LogP contribution in [0.1, 0.15) is 16.7 Å². The van der Waals surface area contributed by atoms with E-state index in [0.29, 0.717) is 4.90 Å². The number of rotatable bonds is 4. The van der Waals surface area contributed by atoms with Gasteiger partial charge in [0.05, 0.1) is 4.90 Å². The summed E-state index contributed by atoms with van der Waals surface area (Å²) in [5.74, 6) is 1.59. The van der Waals surface area contributed by atoms with Gasteiger partial charge in [0, 0.05) is 18.2 Å². The molecule has 28 heavy (non-hydrogen) atoms. The Labute approximate surface area is 165 Å². The van der Waals surface area contributed by atoms with Crippen LogP contribution >= 0.6 is 0 Å². The van der Waals surface area contributed by atoms with Gasteiger partial charge in [-0.25, -0.2) is 8.42 Å². The fourth-order valence-corrected chi connectivity index (χ4v) is 3.83. The van der Waals surface area contributed by atoms with Crippen LogP contribution in [0, 0.1) is 0 Å². The highest BCUT2D eigenvalue weighted by atomic mass is 32.2. The Balaban J connectivity index is 1.76. The molecule has 3 aromatic rings. The summed E-state index contributed by atoms with van der Waals surface area (Å²) in [4.78, 5) is 0.300. The first-order valence-corrected chi connectivity index (χ1v) is 10.9. The van der Waals surface area contributed by atoms with Gasteiger partial charge in [-0.15, -0.1) is 0 Å². The van der Waals surface area contributed by atoms with E-state index < -0.39 is 9.84 Å². The summed E-state index contributed by atoms with van der Waals surface area (Å²) in [6, 6.07) is 24.9. The van der Waals surface area contributed by atoms with Gasteiger partial charge >= 0.3 is 0 Å². The Morgan fingerprint density at radius 3 is 2.21 bits per heavy atom. The minimum atomic E-state index is -3.23. The molecule has 0 radical (unpaired) electrons. The van der Waals surface area contributed by atoms with Gasteiger partial charge < -0.3 is 4.74 Å². The van der Waals surface area contributed by atoms with Crippen molar-refractivity contribution in [3.63, 3.8) is 0 Å². The van der Waals surface area contributed by atoms with Crippen molar-refractivity contribution >= 4 is 21.7 Å². The zero-order chi connectivity index (χ0) is 19.6. The largest absolute Gasteiger partial charge is 0.456 e. The van der Waals surface area contributed by atoms with Crippen LogP contribution in [0.2, 0.25) is 0 Å². The quantitative estimate of drug-likeness (QED) is 0.621. The highest BCUT2D eigenvalue weighted by Crippen LogP contribution is 2.35. The van der Waals surface area contributed by atoms with E-state index in [9.17, 15) is 8.42 Å². The lowest BCUT2D eigenvalue weighted by Gasteiger charge is -2.22. The van der Waals surface area contributed by atoms with Gasteiger partial charge in [0.1, 0.15) is 11.5 Å². The third kappa shape index (κ3) is 3.92. The molecule has 1 aliphatic rings. The Bertz CT molecular complexity index is 1160. The van der Waals surface area contributed by atoms with Gasteiger partial charge in [-0.3, -0.25) is 0 Å². The maximum absolute atomic E-state index is 11.8. The molecule has 0 saturated heterocycles. The molecule has 140 valence electrons. The minimum Gasteiger partial charge on any atom is -0.456 e. The van der Waals surface area contributed by atoms with Crippen LogP contribution in [0.5, 0.6) is 5.75 Å². The van der Waals surface area contributed by atoms with Crippen molar-refractivity contribution in [3.05, 3.63) is 107 Å². The molecule has 0 spiro atoms. The lowest BCUT2D eigenvalue weighted by molar-refractivity contribution is 0.494. The number of sulfone groups is 1. The van der Waals surface area contributed by atoms with E-state index in [1.54, 1.807) is 24.3 Å². The maximum atomic E-state index is 11.8. The molecule has 0 N–H and O–H groups in total. The number of para-hydroxylation sites is 1. The topological polar surface area (TPSA) is 43.4 Å². The van der Waals surface area contributed by atoms with Gasteiger partial charge in [-0.05, 0) is 47.0 Å². The van der Waals surface area contributed by atoms with E-state index in [2.05, 4.69) is 30.4 Å². The third-order valence-electron chi connectivity index (χ3n) is 4.68. The fourth-order valence-electron chi connectivity index (χ4n) is 3.20. The standard InChI is InChI=1S/C24H20O3S/c1-28(25,26)22-15-13-19(14-16-22)24-21(12-11-18-7-3-2-4-8-18)17-20-9-5-6-10-23(20)27-24/h2-16H,17H2,1H3. The molecule has 3 nitrogen and oxygen atoms in total. The number of benzene rings is 3. The lowest BCUT2D eigenvalue weighted by Crippen LogP contribution is -2.09. The Kier molecular flexibility index (Phi) is 4.88. The number of ether oxygens (including phenoxy) is 1. The summed E-state index contributed by atoms with van der Waals surface area (Å²) >= 11 is 0. The molecule has 0 aromatic heterocycles. The van der Waals surface area contributed by atoms with E-state index in [-0.39, 0.29) is 0 Å². The molecule has 0 fully saturated rings. The van der Waals surface area contributed by atoms with E-state index >= 15 is 0 Å². The molecule has 0 aliphatic carbocycles. The second-order valence-corrected chi connectivity index (χ2v) is 8.80. The lowest BCUT2D eigenvalue weighted by atomic mass is 9.96. The number of hydrogen-bond acceptors (Lipinski definition) is 3. The summed E-state index contributed by atoms with van der Waals surface area (Å²) < 4.78 is 29.7. The number of hydrogen-bond donors (Lipinski definition) is 0. The SMILES string of the molecule is CS(=O)(=O)c1ccc(C2=C(C=Cc3ccccc3)Cc3ccccc3O2)cc1. The van der Waals surface area contributed by atoms with E-state index in [4.69, 9.17) is 4.74 Å². The molecular formula is C24H20O3S. The van der Waals surface area contributed by atoms with Gasteiger partial charge in [-0.1, -0.05) is 60.7 Å². The first kappa shape index (κ1) is 18.3. The Morgan fingerprint density at radius 2 is 1.50 bits per heavy atom. The third-order valence-corrected chi connectivity index (χ3v) is 5.81. The Hall–Kier alpha value is -3.11. The molecule has 0 unspecified atom stereocenters. The van der Waals surface area contributed by atoms with Gasteiger partial charge in [0.2, 0.25) is 0 Å². The first-order chi connectivity index (χ1) is 13.5. The van der Waals surface area contributed by atoms with Gasteiger partial charge in [-0.2, -0.15) is 0 Å². The van der Waals surface area contributed by atoms with Gasteiger partial charge in [0.15, 0.2) is 9.84 Å². The molecule has 1 aliphatic heterocycles. The maximum Gasteiger partial charge on any atom is 0.175 e. The second-order valence-electron chi connectivity index (χ2n) is 6.78. The van der Waals surface area contributed by atoms with Crippen molar-refractivity contribution in [2.45, 2.75) is 11.3 Å². The monoisotopic (exact) mass is 388 g/mol. The first-order valence-electron chi connectivity index (χ1n) is 9.03. The molecule has 0 amide bonds. The van der Waals surface area contributed by atoms with Crippen molar-refractivity contribution in [3.8, 4) is 5.75 Å². The van der Waals surface area contributed by atoms with Crippen molar-refractivity contribution < 1.29 is 13.2 Å². The predicted molar refractivity (Wildman–Crippen MR) is 113 cm³/mol. The highest BCUT2D eigenvalue weighted by molar-refractivity contribution is 7.90. The fraction of sp³-hybridized carbons (Fsp3) is 0.0833. The van der Waals surface area contributed by atoms with Crippen LogP contribution in [-0.2, 0) is 16.3 Å². The molecule has 0 bridgehead atoms. The van der Waals surface area contributed by atoms with Crippen LogP contribution in [0.25, 0.3) is 11.8 Å². The van der Waals surface area contributed by atoms with Crippen LogP contribution in [-0.4, -0.2) is 14.7 Å². The number of allylic oxidation sites excluding steroid dienone is 2. The molecule has 0 saturated carbocycles. The zero-order valence-electron chi connectivity index (χ0n) is 15.5. The van der Waals surface area contributed by atoms with E-state index in [1.807, 2.05) is 36.4 Å². The van der Waals surface area contributed by atoms with Crippen LogP contribution in [0.3, 0.4) is 0 Å². The molecule has 0 atom stereocenters. The minimum absolute atomic E-state index is 0.300. The molecule has 3 aromatic carbocycles. The van der Waals surface area contributed by atoms with Crippen LogP contribution < -0.4 is 4.74 Å². The van der Waals surface area contributed by atoms with Crippen molar-refractivity contribution in [1.82, 2.24) is 0 Å². The predicted octanol–water partition coefficient (Wildman–Crippen LogP) is 5.15. The Morgan fingerprint density at radius 1 is 0.821 bits per heavy atom. The van der Waals surface area contributed by atoms with Crippen LogP contribution in [0.4, 0.5) is 0 Å².